The highest BCUT2D eigenvalue weighted by Gasteiger charge is 2.24. The minimum Gasteiger partial charge on any atom is -0.304 e. The van der Waals surface area contributed by atoms with E-state index in [1.54, 1.807) is 29.0 Å². The summed E-state index contributed by atoms with van der Waals surface area (Å²) in [4.78, 5) is 27.1. The Labute approximate surface area is 160 Å². The van der Waals surface area contributed by atoms with Crippen molar-refractivity contribution in [3.63, 3.8) is 0 Å². The molecule has 0 saturated carbocycles. The molecule has 1 amide bonds. The van der Waals surface area contributed by atoms with Gasteiger partial charge in [0, 0.05) is 25.0 Å². The van der Waals surface area contributed by atoms with E-state index >= 15 is 0 Å². The summed E-state index contributed by atoms with van der Waals surface area (Å²) in [6, 6.07) is 3.75. The number of hydrogen-bond donors (Lipinski definition) is 0. The van der Waals surface area contributed by atoms with Gasteiger partial charge < -0.3 is 4.90 Å². The van der Waals surface area contributed by atoms with Crippen molar-refractivity contribution in [3.8, 4) is 10.6 Å². The summed E-state index contributed by atoms with van der Waals surface area (Å²) >= 11 is 7.65. The van der Waals surface area contributed by atoms with E-state index in [0.717, 1.165) is 16.4 Å². The van der Waals surface area contributed by atoms with Crippen molar-refractivity contribution in [2.24, 2.45) is 5.92 Å². The van der Waals surface area contributed by atoms with E-state index in [9.17, 15) is 4.79 Å². The Hall–Kier alpha value is -2.32. The Morgan fingerprint density at radius 3 is 2.77 bits per heavy atom. The zero-order valence-corrected chi connectivity index (χ0v) is 16.5. The van der Waals surface area contributed by atoms with Crippen LogP contribution in [0, 0.1) is 19.8 Å². The standard InChI is InChI=1S/C17H19ClN6OS/c1-10(9-24-12(3)20-11(2)22-24)16(25)23(4)17-14(18)21-15(26-17)13-6-5-7-19-8-13/h5-8,10H,9H2,1-4H3. The lowest BCUT2D eigenvalue weighted by Gasteiger charge is -2.20. The predicted molar refractivity (Wildman–Crippen MR) is 102 cm³/mol. The molecule has 0 radical (unpaired) electrons. The van der Waals surface area contributed by atoms with Crippen molar-refractivity contribution < 1.29 is 4.79 Å². The Balaban J connectivity index is 1.78. The molecule has 7 nitrogen and oxygen atoms in total. The summed E-state index contributed by atoms with van der Waals surface area (Å²) in [6.45, 7) is 6.04. The number of amides is 1. The van der Waals surface area contributed by atoms with Gasteiger partial charge in [-0.1, -0.05) is 29.9 Å². The number of halogens is 1. The molecule has 9 heteroatoms. The molecule has 0 fully saturated rings. The van der Waals surface area contributed by atoms with Crippen LogP contribution in [0.1, 0.15) is 18.6 Å². The van der Waals surface area contributed by atoms with Crippen LogP contribution in [-0.4, -0.2) is 37.7 Å². The van der Waals surface area contributed by atoms with Crippen LogP contribution in [0.2, 0.25) is 5.15 Å². The first-order chi connectivity index (χ1) is 12.4. The van der Waals surface area contributed by atoms with Crippen LogP contribution in [0.5, 0.6) is 0 Å². The third kappa shape index (κ3) is 3.76. The number of hydrogen-bond acceptors (Lipinski definition) is 6. The maximum atomic E-state index is 12.8. The molecule has 136 valence electrons. The Kier molecular flexibility index (Phi) is 5.33. The van der Waals surface area contributed by atoms with E-state index in [1.165, 1.54) is 11.3 Å². The lowest BCUT2D eigenvalue weighted by atomic mass is 10.1. The maximum Gasteiger partial charge on any atom is 0.232 e. The lowest BCUT2D eigenvalue weighted by Crippen LogP contribution is -2.33. The molecule has 0 spiro atoms. The largest absolute Gasteiger partial charge is 0.304 e. The topological polar surface area (TPSA) is 76.8 Å². The first-order valence-electron chi connectivity index (χ1n) is 8.09. The van der Waals surface area contributed by atoms with Crippen LogP contribution >= 0.6 is 22.9 Å². The third-order valence-electron chi connectivity index (χ3n) is 3.94. The second-order valence-electron chi connectivity index (χ2n) is 6.04. The summed E-state index contributed by atoms with van der Waals surface area (Å²) in [5.74, 6) is 1.15. The summed E-state index contributed by atoms with van der Waals surface area (Å²) in [5, 5.41) is 5.98. The first kappa shape index (κ1) is 18.5. The number of carbonyl (C=O) groups excluding carboxylic acids is 1. The first-order valence-corrected chi connectivity index (χ1v) is 9.28. The average Bonchev–Trinajstić information content (AvgIpc) is 3.16. The number of nitrogens with zero attached hydrogens (tertiary/aromatic N) is 6. The number of rotatable bonds is 5. The molecule has 0 aliphatic carbocycles. The number of anilines is 1. The molecule has 3 rings (SSSR count). The number of aryl methyl sites for hydroxylation is 2. The molecule has 1 unspecified atom stereocenters. The van der Waals surface area contributed by atoms with Crippen LogP contribution in [-0.2, 0) is 11.3 Å². The van der Waals surface area contributed by atoms with Gasteiger partial charge in [0.15, 0.2) is 5.15 Å². The van der Waals surface area contributed by atoms with Gasteiger partial charge in [-0.25, -0.2) is 14.6 Å². The van der Waals surface area contributed by atoms with Crippen LogP contribution in [0.15, 0.2) is 24.5 Å². The van der Waals surface area contributed by atoms with Gasteiger partial charge in [-0.2, -0.15) is 5.10 Å². The second kappa shape index (κ2) is 7.51. The fourth-order valence-corrected chi connectivity index (χ4v) is 3.91. The van der Waals surface area contributed by atoms with Gasteiger partial charge in [-0.3, -0.25) is 9.78 Å². The smallest absolute Gasteiger partial charge is 0.232 e. The van der Waals surface area contributed by atoms with Gasteiger partial charge in [0.25, 0.3) is 0 Å². The SMILES string of the molecule is Cc1nc(C)n(CC(C)C(=O)N(C)c2sc(-c3cccnc3)nc2Cl)n1. The van der Waals surface area contributed by atoms with E-state index in [1.807, 2.05) is 32.9 Å². The molecule has 1 atom stereocenters. The van der Waals surface area contributed by atoms with Crippen molar-refractivity contribution in [2.75, 3.05) is 11.9 Å². The second-order valence-corrected chi connectivity index (χ2v) is 7.38. The molecule has 0 N–H and O–H groups in total. The number of thiazole rings is 1. The third-order valence-corrected chi connectivity index (χ3v) is 5.50. The van der Waals surface area contributed by atoms with E-state index in [0.29, 0.717) is 22.5 Å². The van der Waals surface area contributed by atoms with Gasteiger partial charge in [0.2, 0.25) is 5.91 Å². The van der Waals surface area contributed by atoms with Crippen LogP contribution in [0.25, 0.3) is 10.6 Å². The van der Waals surface area contributed by atoms with Crippen LogP contribution < -0.4 is 4.90 Å². The van der Waals surface area contributed by atoms with Gasteiger partial charge in [0.05, 0.1) is 12.5 Å². The lowest BCUT2D eigenvalue weighted by molar-refractivity contribution is -0.122. The summed E-state index contributed by atoms with van der Waals surface area (Å²) in [5.41, 5.74) is 0.869. The van der Waals surface area contributed by atoms with Crippen LogP contribution in [0.4, 0.5) is 5.00 Å². The summed E-state index contributed by atoms with van der Waals surface area (Å²) in [6.07, 6.45) is 3.42. The zero-order valence-electron chi connectivity index (χ0n) is 15.0. The molecule has 0 aromatic carbocycles. The normalized spacial score (nSPS) is 12.2. The van der Waals surface area contributed by atoms with Crippen molar-refractivity contribution in [1.82, 2.24) is 24.7 Å². The highest BCUT2D eigenvalue weighted by Crippen LogP contribution is 2.37. The van der Waals surface area contributed by atoms with Gasteiger partial charge >= 0.3 is 0 Å². The maximum absolute atomic E-state index is 12.8. The Morgan fingerprint density at radius 2 is 2.15 bits per heavy atom. The van der Waals surface area contributed by atoms with Gasteiger partial charge in [-0.05, 0) is 26.0 Å². The number of pyridine rings is 1. The van der Waals surface area contributed by atoms with Crippen molar-refractivity contribution in [3.05, 3.63) is 41.3 Å². The molecule has 0 bridgehead atoms. The molecule has 0 saturated heterocycles. The molecule has 26 heavy (non-hydrogen) atoms. The van der Waals surface area contributed by atoms with E-state index in [-0.39, 0.29) is 11.8 Å². The average molecular weight is 391 g/mol. The van der Waals surface area contributed by atoms with Crippen LogP contribution in [0.3, 0.4) is 0 Å². The predicted octanol–water partition coefficient (Wildman–Crippen LogP) is 3.37. The molecule has 3 aromatic rings. The zero-order chi connectivity index (χ0) is 18.8. The minimum absolute atomic E-state index is 0.0548. The quantitative estimate of drug-likeness (QED) is 0.667. The monoisotopic (exact) mass is 390 g/mol. The fraction of sp³-hybridized carbons (Fsp3) is 0.353. The van der Waals surface area contributed by atoms with Crippen molar-refractivity contribution in [2.45, 2.75) is 27.3 Å². The van der Waals surface area contributed by atoms with Crippen molar-refractivity contribution >= 4 is 33.8 Å². The fourth-order valence-electron chi connectivity index (χ4n) is 2.62. The highest BCUT2D eigenvalue weighted by atomic mass is 35.5. The molecular weight excluding hydrogens is 372 g/mol. The molecule has 0 aliphatic heterocycles. The Morgan fingerprint density at radius 1 is 1.38 bits per heavy atom. The Bertz CT molecular complexity index is 923. The van der Waals surface area contributed by atoms with Gasteiger partial charge in [0.1, 0.15) is 21.7 Å². The number of aromatic nitrogens is 5. The van der Waals surface area contributed by atoms with E-state index in [4.69, 9.17) is 11.6 Å². The minimum atomic E-state index is -0.278. The molecule has 0 aliphatic rings. The summed E-state index contributed by atoms with van der Waals surface area (Å²) in [7, 11) is 1.71. The van der Waals surface area contributed by atoms with E-state index in [2.05, 4.69) is 20.1 Å². The van der Waals surface area contributed by atoms with Gasteiger partial charge in [-0.15, -0.1) is 0 Å². The molecule has 3 heterocycles. The molecular formula is C17H19ClN6OS. The summed E-state index contributed by atoms with van der Waals surface area (Å²) < 4.78 is 1.75. The van der Waals surface area contributed by atoms with Crippen molar-refractivity contribution in [1.29, 1.82) is 0 Å². The number of carbonyl (C=O) groups is 1. The highest BCUT2D eigenvalue weighted by molar-refractivity contribution is 7.19. The molecule has 3 aromatic heterocycles. The van der Waals surface area contributed by atoms with E-state index < -0.39 is 0 Å².